The molecule has 1 amide bonds. The molecule has 1 aliphatic rings. The molecule has 0 saturated heterocycles. The molecule has 1 aromatic rings. The zero-order valence-electron chi connectivity index (χ0n) is 15.1. The number of rotatable bonds is 8. The summed E-state index contributed by atoms with van der Waals surface area (Å²) in [4.78, 5) is 14.5. The van der Waals surface area contributed by atoms with E-state index in [2.05, 4.69) is 10.2 Å². The molecule has 1 aromatic carbocycles. The Morgan fingerprint density at radius 2 is 1.88 bits per heavy atom. The molecular weight excluding hydrogens is 303 g/mol. The van der Waals surface area contributed by atoms with Crippen LogP contribution in [0.5, 0.6) is 0 Å². The molecular formula is C20H31FN2O. The van der Waals surface area contributed by atoms with E-state index < -0.39 is 0 Å². The van der Waals surface area contributed by atoms with Crippen LogP contribution in [0.15, 0.2) is 24.3 Å². The fourth-order valence-corrected chi connectivity index (χ4v) is 3.48. The van der Waals surface area contributed by atoms with E-state index in [0.717, 1.165) is 30.9 Å². The van der Waals surface area contributed by atoms with E-state index in [0.29, 0.717) is 6.42 Å². The van der Waals surface area contributed by atoms with Gasteiger partial charge in [-0.1, -0.05) is 44.2 Å². The smallest absolute Gasteiger partial charge is 0.220 e. The largest absolute Gasteiger partial charge is 0.349 e. The highest BCUT2D eigenvalue weighted by atomic mass is 19.1. The van der Waals surface area contributed by atoms with E-state index in [1.165, 1.54) is 44.2 Å². The first-order valence-electron chi connectivity index (χ1n) is 9.24. The fourth-order valence-electron chi connectivity index (χ4n) is 3.48. The number of hydrogen-bond acceptors (Lipinski definition) is 2. The number of nitrogens with one attached hydrogen (secondary N) is 1. The molecule has 0 aromatic heterocycles. The summed E-state index contributed by atoms with van der Waals surface area (Å²) in [7, 11) is 4.04. The van der Waals surface area contributed by atoms with E-state index in [1.54, 1.807) is 12.1 Å². The second-order valence-corrected chi connectivity index (χ2v) is 7.31. The molecule has 1 unspecified atom stereocenters. The topological polar surface area (TPSA) is 32.3 Å². The molecule has 3 nitrogen and oxygen atoms in total. The Balaban J connectivity index is 1.88. The Labute approximate surface area is 145 Å². The van der Waals surface area contributed by atoms with E-state index in [4.69, 9.17) is 0 Å². The van der Waals surface area contributed by atoms with Crippen molar-refractivity contribution in [2.45, 2.75) is 57.4 Å². The first kappa shape index (κ1) is 18.9. The Morgan fingerprint density at radius 1 is 1.21 bits per heavy atom. The standard InChI is InChI=1S/C20H31FN2O/c1-23(2)15-14-19(17-9-11-18(21)12-10-17)22-20(24)13-8-16-6-4-3-5-7-16/h9-12,16,19H,3-8,13-15H2,1-2H3,(H,22,24). The van der Waals surface area contributed by atoms with Gasteiger partial charge in [-0.15, -0.1) is 0 Å². The summed E-state index contributed by atoms with van der Waals surface area (Å²) in [5.74, 6) is 0.595. The van der Waals surface area contributed by atoms with Gasteiger partial charge in [0.1, 0.15) is 5.82 Å². The van der Waals surface area contributed by atoms with E-state index in [1.807, 2.05) is 14.1 Å². The van der Waals surface area contributed by atoms with Crippen molar-refractivity contribution in [3.63, 3.8) is 0 Å². The van der Waals surface area contributed by atoms with E-state index in [9.17, 15) is 9.18 Å². The lowest BCUT2D eigenvalue weighted by Gasteiger charge is -2.23. The summed E-state index contributed by atoms with van der Waals surface area (Å²) in [5.41, 5.74) is 0.976. The summed E-state index contributed by atoms with van der Waals surface area (Å²) in [6, 6.07) is 6.43. The van der Waals surface area contributed by atoms with Crippen molar-refractivity contribution in [3.8, 4) is 0 Å². The quantitative estimate of drug-likeness (QED) is 0.769. The molecule has 0 heterocycles. The van der Waals surface area contributed by atoms with Crippen LogP contribution in [0.4, 0.5) is 4.39 Å². The average Bonchev–Trinajstić information content (AvgIpc) is 2.58. The lowest BCUT2D eigenvalue weighted by Crippen LogP contribution is -2.31. The van der Waals surface area contributed by atoms with E-state index >= 15 is 0 Å². The molecule has 4 heteroatoms. The highest BCUT2D eigenvalue weighted by Gasteiger charge is 2.18. The third-order valence-corrected chi connectivity index (χ3v) is 4.98. The summed E-state index contributed by atoms with van der Waals surface area (Å²) in [6.45, 7) is 0.880. The molecule has 0 aliphatic heterocycles. The van der Waals surface area contributed by atoms with Crippen LogP contribution in [-0.2, 0) is 4.79 Å². The van der Waals surface area contributed by atoms with Gasteiger partial charge >= 0.3 is 0 Å². The maximum Gasteiger partial charge on any atom is 0.220 e. The molecule has 1 fully saturated rings. The molecule has 134 valence electrons. The monoisotopic (exact) mass is 334 g/mol. The molecule has 24 heavy (non-hydrogen) atoms. The molecule has 1 N–H and O–H groups in total. The minimum absolute atomic E-state index is 0.0492. The van der Waals surface area contributed by atoms with Gasteiger partial charge in [0, 0.05) is 6.42 Å². The maximum absolute atomic E-state index is 13.2. The minimum atomic E-state index is -0.242. The first-order valence-corrected chi connectivity index (χ1v) is 9.24. The Hall–Kier alpha value is -1.42. The van der Waals surface area contributed by atoms with Crippen LogP contribution < -0.4 is 5.32 Å². The highest BCUT2D eigenvalue weighted by molar-refractivity contribution is 5.76. The van der Waals surface area contributed by atoms with Crippen LogP contribution in [0.25, 0.3) is 0 Å². The number of carbonyl (C=O) groups is 1. The van der Waals surface area contributed by atoms with Crippen LogP contribution in [-0.4, -0.2) is 31.4 Å². The lowest BCUT2D eigenvalue weighted by atomic mass is 9.86. The number of hydrogen-bond donors (Lipinski definition) is 1. The summed E-state index contributed by atoms with van der Waals surface area (Å²) in [6.07, 6.45) is 8.94. The van der Waals surface area contributed by atoms with Gasteiger partial charge in [0.15, 0.2) is 0 Å². The van der Waals surface area contributed by atoms with Crippen LogP contribution in [0.2, 0.25) is 0 Å². The van der Waals surface area contributed by atoms with Gasteiger partial charge in [-0.3, -0.25) is 4.79 Å². The SMILES string of the molecule is CN(C)CCC(NC(=O)CCC1CCCCC1)c1ccc(F)cc1. The van der Waals surface area contributed by atoms with Crippen molar-refractivity contribution in [3.05, 3.63) is 35.6 Å². The zero-order valence-corrected chi connectivity index (χ0v) is 15.1. The number of carbonyl (C=O) groups excluding carboxylic acids is 1. The summed E-state index contributed by atoms with van der Waals surface area (Å²) in [5, 5.41) is 3.16. The van der Waals surface area contributed by atoms with Gasteiger partial charge in [-0.25, -0.2) is 4.39 Å². The van der Waals surface area contributed by atoms with Gasteiger partial charge in [-0.2, -0.15) is 0 Å². The van der Waals surface area contributed by atoms with Crippen molar-refractivity contribution >= 4 is 5.91 Å². The van der Waals surface area contributed by atoms with Gasteiger partial charge in [0.05, 0.1) is 6.04 Å². The Bertz CT molecular complexity index is 495. The second-order valence-electron chi connectivity index (χ2n) is 7.31. The molecule has 1 atom stereocenters. The Kier molecular flexibility index (Phi) is 7.70. The van der Waals surface area contributed by atoms with Gasteiger partial charge < -0.3 is 10.2 Å². The first-order chi connectivity index (χ1) is 11.5. The number of halogens is 1. The van der Waals surface area contributed by atoms with Crippen LogP contribution >= 0.6 is 0 Å². The molecule has 0 spiro atoms. The second kappa shape index (κ2) is 9.77. The number of nitrogens with zero attached hydrogens (tertiary/aromatic N) is 1. The van der Waals surface area contributed by atoms with E-state index in [-0.39, 0.29) is 17.8 Å². The van der Waals surface area contributed by atoms with Crippen molar-refractivity contribution < 1.29 is 9.18 Å². The predicted molar refractivity (Wildman–Crippen MR) is 96.3 cm³/mol. The number of amides is 1. The molecule has 1 aliphatic carbocycles. The molecule has 1 saturated carbocycles. The highest BCUT2D eigenvalue weighted by Crippen LogP contribution is 2.27. The molecule has 0 radical (unpaired) electrons. The molecule has 0 bridgehead atoms. The third kappa shape index (κ3) is 6.60. The minimum Gasteiger partial charge on any atom is -0.349 e. The average molecular weight is 334 g/mol. The number of benzene rings is 1. The lowest BCUT2D eigenvalue weighted by molar-refractivity contribution is -0.122. The van der Waals surface area contributed by atoms with Crippen molar-refractivity contribution in [2.75, 3.05) is 20.6 Å². The van der Waals surface area contributed by atoms with Gasteiger partial charge in [-0.05, 0) is 57.1 Å². The van der Waals surface area contributed by atoms with Gasteiger partial charge in [0.25, 0.3) is 0 Å². The Morgan fingerprint density at radius 3 is 2.50 bits per heavy atom. The predicted octanol–water partition coefficient (Wildman–Crippen LogP) is 4.30. The van der Waals surface area contributed by atoms with Gasteiger partial charge in [0.2, 0.25) is 5.91 Å². The fraction of sp³-hybridized carbons (Fsp3) is 0.650. The third-order valence-electron chi connectivity index (χ3n) is 4.98. The molecule has 2 rings (SSSR count). The normalized spacial score (nSPS) is 17.0. The van der Waals surface area contributed by atoms with Crippen LogP contribution in [0.3, 0.4) is 0 Å². The maximum atomic E-state index is 13.2. The van der Waals surface area contributed by atoms with Crippen LogP contribution in [0.1, 0.15) is 63.0 Å². The van der Waals surface area contributed by atoms with Crippen LogP contribution in [0, 0.1) is 11.7 Å². The zero-order chi connectivity index (χ0) is 17.4. The van der Waals surface area contributed by atoms with Crippen molar-refractivity contribution in [2.24, 2.45) is 5.92 Å². The summed E-state index contributed by atoms with van der Waals surface area (Å²) >= 11 is 0. The van der Waals surface area contributed by atoms with Crippen molar-refractivity contribution in [1.29, 1.82) is 0 Å². The van der Waals surface area contributed by atoms with Crippen molar-refractivity contribution in [1.82, 2.24) is 10.2 Å². The summed E-state index contributed by atoms with van der Waals surface area (Å²) < 4.78 is 13.2.